The molecule has 0 unspecified atom stereocenters. The first-order valence-corrected chi connectivity index (χ1v) is 11.5. The van der Waals surface area contributed by atoms with E-state index >= 15 is 4.39 Å². The van der Waals surface area contributed by atoms with Crippen molar-refractivity contribution in [2.75, 3.05) is 23.0 Å². The molecular weight excluding hydrogens is 456 g/mol. The van der Waals surface area contributed by atoms with Gasteiger partial charge in [-0.15, -0.1) is 5.10 Å². The number of H-pyrrole nitrogens is 1. The van der Waals surface area contributed by atoms with Crippen LogP contribution in [0.5, 0.6) is 0 Å². The van der Waals surface area contributed by atoms with Crippen molar-refractivity contribution < 1.29 is 32.8 Å². The highest BCUT2D eigenvalue weighted by Crippen LogP contribution is 2.37. The van der Waals surface area contributed by atoms with Gasteiger partial charge in [0.25, 0.3) is 0 Å². The molecule has 3 heterocycles. The lowest BCUT2D eigenvalue weighted by molar-refractivity contribution is 0.0880. The summed E-state index contributed by atoms with van der Waals surface area (Å²) < 4.78 is 35.3. The average Bonchev–Trinajstić information content (AvgIpc) is 3.50. The highest BCUT2D eigenvalue weighted by Gasteiger charge is 2.34. The second-order valence-corrected chi connectivity index (χ2v) is 8.99. The number of nitrogens with zero attached hydrogens (tertiary/aromatic N) is 4. The van der Waals surface area contributed by atoms with Crippen LogP contribution in [0.15, 0.2) is 42.6 Å². The number of hydrogen-bond donors (Lipinski definition) is 3. The molecule has 0 spiro atoms. The van der Waals surface area contributed by atoms with E-state index in [2.05, 4.69) is 24.8 Å². The van der Waals surface area contributed by atoms with Crippen LogP contribution in [0.25, 0.3) is 11.1 Å². The smallest absolute Gasteiger partial charge is 0.441 e. The maximum absolute atomic E-state index is 15.0. The molecule has 2 aliphatic heterocycles. The number of aromatic amines is 1. The highest BCUT2D eigenvalue weighted by atomic mass is 31.2. The molecule has 1 atom stereocenters. The van der Waals surface area contributed by atoms with Crippen molar-refractivity contribution in [2.45, 2.75) is 19.2 Å². The topological polar surface area (TPSA) is 141 Å². The molecule has 0 bridgehead atoms. The number of ether oxygens (including phenoxy) is 1. The number of halogens is 1. The molecule has 0 aliphatic carbocycles. The Hall–Kier alpha value is -3.31. The molecule has 1 amide bonds. The summed E-state index contributed by atoms with van der Waals surface area (Å²) in [5.41, 5.74) is 3.57. The van der Waals surface area contributed by atoms with Crippen LogP contribution in [-0.2, 0) is 26.9 Å². The molecule has 5 rings (SSSR count). The molecule has 13 heteroatoms. The van der Waals surface area contributed by atoms with E-state index in [1.165, 1.54) is 11.0 Å². The number of fused-ring (bicyclic) bond motifs is 1. The number of rotatable bonds is 6. The van der Waals surface area contributed by atoms with E-state index in [9.17, 15) is 9.36 Å². The number of phosphoric acid groups is 1. The molecule has 33 heavy (non-hydrogen) atoms. The van der Waals surface area contributed by atoms with Crippen LogP contribution < -0.4 is 9.80 Å². The molecule has 1 aromatic heterocycles. The molecule has 3 aromatic rings. The van der Waals surface area contributed by atoms with Crippen molar-refractivity contribution in [3.63, 3.8) is 0 Å². The fourth-order valence-corrected chi connectivity index (χ4v) is 4.34. The Morgan fingerprint density at radius 1 is 1.21 bits per heavy atom. The van der Waals surface area contributed by atoms with Crippen LogP contribution in [0.1, 0.15) is 11.1 Å². The largest absolute Gasteiger partial charge is 0.469 e. The summed E-state index contributed by atoms with van der Waals surface area (Å²) in [5, 5.41) is 10.4. The molecule has 0 saturated carbocycles. The fourth-order valence-electron chi connectivity index (χ4n) is 3.98. The van der Waals surface area contributed by atoms with Crippen molar-refractivity contribution in [3.8, 4) is 11.1 Å². The lowest BCUT2D eigenvalue weighted by Crippen LogP contribution is -2.25. The monoisotopic (exact) mass is 475 g/mol. The normalized spacial score (nSPS) is 18.0. The third-order valence-corrected chi connectivity index (χ3v) is 6.04. The minimum absolute atomic E-state index is 0.0191. The van der Waals surface area contributed by atoms with E-state index in [0.717, 1.165) is 16.9 Å². The summed E-state index contributed by atoms with van der Waals surface area (Å²) in [7, 11) is -4.68. The Morgan fingerprint density at radius 2 is 2.03 bits per heavy atom. The Balaban J connectivity index is 1.32. The highest BCUT2D eigenvalue weighted by molar-refractivity contribution is 7.46. The van der Waals surface area contributed by atoms with Gasteiger partial charge in [-0.05, 0) is 41.0 Å². The first-order chi connectivity index (χ1) is 15.8. The summed E-state index contributed by atoms with van der Waals surface area (Å²) >= 11 is 0. The van der Waals surface area contributed by atoms with Gasteiger partial charge in [-0.3, -0.25) is 9.42 Å². The number of amides is 1. The predicted octanol–water partition coefficient (Wildman–Crippen LogP) is 2.57. The van der Waals surface area contributed by atoms with Gasteiger partial charge in [-0.2, -0.15) is 0 Å². The predicted molar refractivity (Wildman–Crippen MR) is 114 cm³/mol. The van der Waals surface area contributed by atoms with E-state index in [-0.39, 0.29) is 12.2 Å². The van der Waals surface area contributed by atoms with Crippen LogP contribution in [-0.4, -0.2) is 50.5 Å². The zero-order chi connectivity index (χ0) is 23.2. The van der Waals surface area contributed by atoms with Gasteiger partial charge >= 0.3 is 13.9 Å². The van der Waals surface area contributed by atoms with Crippen LogP contribution in [0.4, 0.5) is 20.7 Å². The maximum Gasteiger partial charge on any atom is 0.469 e. The third-order valence-electron chi connectivity index (χ3n) is 5.55. The second kappa shape index (κ2) is 8.23. The van der Waals surface area contributed by atoms with Crippen LogP contribution in [0.2, 0.25) is 0 Å². The minimum atomic E-state index is -4.68. The van der Waals surface area contributed by atoms with Gasteiger partial charge in [-0.1, -0.05) is 17.3 Å². The quantitative estimate of drug-likeness (QED) is 0.459. The molecule has 11 nitrogen and oxygen atoms in total. The number of carbonyl (C=O) groups excluding carboxylic acids is 1. The van der Waals surface area contributed by atoms with Crippen LogP contribution >= 0.6 is 7.82 Å². The Kier molecular flexibility index (Phi) is 5.37. The number of aromatic nitrogens is 3. The number of carbonyl (C=O) groups is 1. The van der Waals surface area contributed by atoms with Gasteiger partial charge < -0.3 is 19.4 Å². The summed E-state index contributed by atoms with van der Waals surface area (Å²) in [6.07, 6.45) is 0.0299. The van der Waals surface area contributed by atoms with Crippen LogP contribution in [0.3, 0.4) is 0 Å². The van der Waals surface area contributed by atoms with E-state index in [0.29, 0.717) is 24.2 Å². The zero-order valence-corrected chi connectivity index (χ0v) is 18.0. The number of hydrogen-bond acceptors (Lipinski definition) is 7. The summed E-state index contributed by atoms with van der Waals surface area (Å²) in [6.45, 7) is 0.859. The van der Waals surface area contributed by atoms with Crippen molar-refractivity contribution in [3.05, 3.63) is 59.5 Å². The molecule has 2 aromatic carbocycles. The lowest BCUT2D eigenvalue weighted by atomic mass is 10.00. The standard InChI is InChI=1S/C20H19FN5O6P/c21-18-6-15(26-10-16(32-20(26)27)11-31-33(28,29)30)3-4-17(18)12-1-2-13-8-25(9-14(13)5-12)19-7-22-24-23-19/h1-7,16H,8-11H2,(H,22,23,24)(H2,28,29,30)/t16-/m1/s1. The molecule has 2 aliphatic rings. The van der Waals surface area contributed by atoms with Crippen molar-refractivity contribution in [2.24, 2.45) is 0 Å². The van der Waals surface area contributed by atoms with E-state index in [4.69, 9.17) is 14.5 Å². The number of nitrogens with one attached hydrogen (secondary N) is 1. The Morgan fingerprint density at radius 3 is 2.76 bits per heavy atom. The fraction of sp³-hybridized carbons (Fsp3) is 0.250. The number of anilines is 2. The molecule has 172 valence electrons. The van der Waals surface area contributed by atoms with Gasteiger partial charge in [0.2, 0.25) is 0 Å². The molecule has 3 N–H and O–H groups in total. The van der Waals surface area contributed by atoms with E-state index in [1.54, 1.807) is 18.3 Å². The minimum Gasteiger partial charge on any atom is -0.441 e. The number of phosphoric ester groups is 1. The molecule has 1 fully saturated rings. The first-order valence-electron chi connectivity index (χ1n) is 9.98. The van der Waals surface area contributed by atoms with E-state index < -0.39 is 32.4 Å². The second-order valence-electron chi connectivity index (χ2n) is 7.75. The van der Waals surface area contributed by atoms with Crippen molar-refractivity contribution in [1.82, 2.24) is 15.4 Å². The van der Waals surface area contributed by atoms with E-state index in [1.807, 2.05) is 18.2 Å². The number of cyclic esters (lactones) is 1. The Bertz CT molecular complexity index is 1250. The summed E-state index contributed by atoms with van der Waals surface area (Å²) in [5.74, 6) is 0.299. The maximum atomic E-state index is 15.0. The lowest BCUT2D eigenvalue weighted by Gasteiger charge is -2.15. The summed E-state index contributed by atoms with van der Waals surface area (Å²) in [4.78, 5) is 33.0. The van der Waals surface area contributed by atoms with Gasteiger partial charge in [-0.25, -0.2) is 18.8 Å². The molecular formula is C20H19FN5O6P. The SMILES string of the molecule is O=C1O[C@@H](COP(=O)(O)O)CN1c1ccc(-c2ccc3c(c2)CN(c2cnn[nH]2)C3)c(F)c1. The first kappa shape index (κ1) is 21.5. The zero-order valence-electron chi connectivity index (χ0n) is 17.1. The van der Waals surface area contributed by atoms with Crippen molar-refractivity contribution >= 4 is 25.4 Å². The number of benzene rings is 2. The van der Waals surface area contributed by atoms with Gasteiger partial charge in [0, 0.05) is 18.7 Å². The molecule has 1 saturated heterocycles. The summed E-state index contributed by atoms with van der Waals surface area (Å²) in [6, 6.07) is 10.2. The van der Waals surface area contributed by atoms with Gasteiger partial charge in [0.05, 0.1) is 25.0 Å². The average molecular weight is 475 g/mol. The molecule has 0 radical (unpaired) electrons. The van der Waals surface area contributed by atoms with Gasteiger partial charge in [0.1, 0.15) is 17.7 Å². The Labute approximate surface area is 187 Å². The van der Waals surface area contributed by atoms with Crippen LogP contribution in [0, 0.1) is 5.82 Å². The van der Waals surface area contributed by atoms with Gasteiger partial charge in [0.15, 0.2) is 0 Å². The van der Waals surface area contributed by atoms with Crippen molar-refractivity contribution in [1.29, 1.82) is 0 Å². The third kappa shape index (κ3) is 4.46.